The number of likely N-dealkylation sites (tertiary alicyclic amines) is 1. The van der Waals surface area contributed by atoms with Crippen molar-refractivity contribution in [3.8, 4) is 22.8 Å². The van der Waals surface area contributed by atoms with Crippen LogP contribution in [0.2, 0.25) is 0 Å². The zero-order valence-electron chi connectivity index (χ0n) is 15.8. The highest BCUT2D eigenvalue weighted by molar-refractivity contribution is 5.82. The van der Waals surface area contributed by atoms with Crippen LogP contribution in [0.1, 0.15) is 24.6 Å². The second-order valence-electron chi connectivity index (χ2n) is 6.82. The molecule has 3 heterocycles. The number of methoxy groups -OCH3 is 2. The van der Waals surface area contributed by atoms with Crippen LogP contribution in [0.5, 0.6) is 11.5 Å². The molecule has 0 saturated carbocycles. The monoisotopic (exact) mass is 382 g/mol. The zero-order chi connectivity index (χ0) is 19.7. The van der Waals surface area contributed by atoms with Gasteiger partial charge in [0.05, 0.1) is 31.4 Å². The number of nitrogens with one attached hydrogen (secondary N) is 1. The number of carboxylic acid groups (broad SMARTS) is 1. The van der Waals surface area contributed by atoms with E-state index in [1.54, 1.807) is 20.4 Å². The number of piperidine rings is 1. The fraction of sp³-hybridized carbons (Fsp3) is 0.350. The molecule has 0 bridgehead atoms. The lowest BCUT2D eigenvalue weighted by molar-refractivity contribution is 0.131. The van der Waals surface area contributed by atoms with E-state index < -0.39 is 6.09 Å². The van der Waals surface area contributed by atoms with Gasteiger partial charge in [0.15, 0.2) is 11.5 Å². The summed E-state index contributed by atoms with van der Waals surface area (Å²) in [5.74, 6) is 2.29. The van der Waals surface area contributed by atoms with Crippen LogP contribution in [-0.2, 0) is 0 Å². The number of ether oxygens (including phenoxy) is 2. The van der Waals surface area contributed by atoms with E-state index in [4.69, 9.17) is 19.6 Å². The molecule has 0 unspecified atom stereocenters. The summed E-state index contributed by atoms with van der Waals surface area (Å²) in [6.45, 7) is 1.04. The van der Waals surface area contributed by atoms with Crippen molar-refractivity contribution in [3.63, 3.8) is 0 Å². The number of hydrogen-bond acceptors (Lipinski definition) is 5. The molecule has 3 aromatic rings. The molecule has 28 heavy (non-hydrogen) atoms. The quantitative estimate of drug-likeness (QED) is 0.716. The Morgan fingerprint density at radius 3 is 2.61 bits per heavy atom. The highest BCUT2D eigenvalue weighted by atomic mass is 16.5. The summed E-state index contributed by atoms with van der Waals surface area (Å²) in [5, 5.41) is 9.09. The van der Waals surface area contributed by atoms with Gasteiger partial charge in [0.2, 0.25) is 0 Å². The van der Waals surface area contributed by atoms with Crippen LogP contribution in [0, 0.1) is 0 Å². The summed E-state index contributed by atoms with van der Waals surface area (Å²) in [6, 6.07) is 7.74. The van der Waals surface area contributed by atoms with Crippen LogP contribution in [0.3, 0.4) is 0 Å². The third-order valence-electron chi connectivity index (χ3n) is 5.21. The maximum atomic E-state index is 11.1. The van der Waals surface area contributed by atoms with E-state index >= 15 is 0 Å². The molecule has 1 aliphatic rings. The van der Waals surface area contributed by atoms with Gasteiger partial charge in [-0.2, -0.15) is 0 Å². The van der Waals surface area contributed by atoms with Crippen molar-refractivity contribution in [1.29, 1.82) is 0 Å². The van der Waals surface area contributed by atoms with Crippen molar-refractivity contribution in [2.24, 2.45) is 0 Å². The summed E-state index contributed by atoms with van der Waals surface area (Å²) in [7, 11) is 3.22. The van der Waals surface area contributed by atoms with E-state index in [-0.39, 0.29) is 5.92 Å². The number of hydrogen-bond donors (Lipinski definition) is 2. The fourth-order valence-corrected chi connectivity index (χ4v) is 3.62. The summed E-state index contributed by atoms with van der Waals surface area (Å²) in [6.07, 6.45) is 2.42. The predicted octanol–water partition coefficient (Wildman–Crippen LogP) is 3.50. The molecule has 8 heteroatoms. The number of amides is 1. The Morgan fingerprint density at radius 2 is 1.93 bits per heavy atom. The standard InChI is InChI=1S/C20H22N4O4/c1-27-17-4-3-13(9-18(17)28-2)14-10-15-16(22-14)11-21-19(23-15)12-5-7-24(8-6-12)20(25)26/h3-4,9-12,22H,5-8H2,1-2H3,(H,25,26). The van der Waals surface area contributed by atoms with E-state index in [0.29, 0.717) is 24.6 Å². The third kappa shape index (κ3) is 3.33. The average molecular weight is 382 g/mol. The lowest BCUT2D eigenvalue weighted by Crippen LogP contribution is -2.37. The molecule has 1 aliphatic heterocycles. The van der Waals surface area contributed by atoms with Gasteiger partial charge in [0.25, 0.3) is 0 Å². The average Bonchev–Trinajstić information content (AvgIpc) is 3.16. The van der Waals surface area contributed by atoms with Crippen molar-refractivity contribution >= 4 is 17.1 Å². The van der Waals surface area contributed by atoms with Gasteiger partial charge in [-0.25, -0.2) is 14.8 Å². The second-order valence-corrected chi connectivity index (χ2v) is 6.82. The Labute approximate surface area is 162 Å². The largest absolute Gasteiger partial charge is 0.493 e. The van der Waals surface area contributed by atoms with Gasteiger partial charge in [-0.15, -0.1) is 0 Å². The third-order valence-corrected chi connectivity index (χ3v) is 5.21. The molecular formula is C20H22N4O4. The van der Waals surface area contributed by atoms with E-state index in [1.807, 2.05) is 24.3 Å². The normalized spacial score (nSPS) is 15.0. The Bertz CT molecular complexity index is 1010. The van der Waals surface area contributed by atoms with E-state index in [2.05, 4.69) is 9.97 Å². The van der Waals surface area contributed by atoms with Crippen LogP contribution < -0.4 is 9.47 Å². The van der Waals surface area contributed by atoms with Crippen LogP contribution >= 0.6 is 0 Å². The number of benzene rings is 1. The molecule has 0 atom stereocenters. The molecule has 1 amide bonds. The SMILES string of the molecule is COc1ccc(-c2cc3nc(C4CCN(C(=O)O)CC4)ncc3[nH]2)cc1OC. The van der Waals surface area contributed by atoms with Gasteiger partial charge in [0, 0.05) is 30.3 Å². The molecule has 2 aromatic heterocycles. The highest BCUT2D eigenvalue weighted by Crippen LogP contribution is 2.33. The lowest BCUT2D eigenvalue weighted by atomic mass is 9.96. The lowest BCUT2D eigenvalue weighted by Gasteiger charge is -2.28. The summed E-state index contributed by atoms with van der Waals surface area (Å²) in [4.78, 5) is 25.1. The first-order valence-corrected chi connectivity index (χ1v) is 9.15. The van der Waals surface area contributed by atoms with E-state index in [9.17, 15) is 4.79 Å². The Morgan fingerprint density at radius 1 is 1.18 bits per heavy atom. The maximum Gasteiger partial charge on any atom is 0.407 e. The van der Waals surface area contributed by atoms with Gasteiger partial charge in [-0.3, -0.25) is 0 Å². The van der Waals surface area contributed by atoms with Gasteiger partial charge in [-0.05, 0) is 37.1 Å². The van der Waals surface area contributed by atoms with Gasteiger partial charge < -0.3 is 24.5 Å². The number of rotatable bonds is 4. The first-order valence-electron chi connectivity index (χ1n) is 9.15. The molecule has 1 aromatic carbocycles. The summed E-state index contributed by atoms with van der Waals surface area (Å²) < 4.78 is 10.7. The summed E-state index contributed by atoms with van der Waals surface area (Å²) in [5.41, 5.74) is 3.59. The molecule has 1 saturated heterocycles. The smallest absolute Gasteiger partial charge is 0.407 e. The molecule has 2 N–H and O–H groups in total. The van der Waals surface area contributed by atoms with Crippen molar-refractivity contribution in [3.05, 3.63) is 36.3 Å². The molecular weight excluding hydrogens is 360 g/mol. The summed E-state index contributed by atoms with van der Waals surface area (Å²) >= 11 is 0. The van der Waals surface area contributed by atoms with Crippen LogP contribution in [0.4, 0.5) is 4.79 Å². The Balaban J connectivity index is 1.60. The van der Waals surface area contributed by atoms with Crippen LogP contribution in [0.25, 0.3) is 22.3 Å². The molecule has 1 fully saturated rings. The van der Waals surface area contributed by atoms with E-state index in [1.165, 1.54) is 4.90 Å². The first kappa shape index (κ1) is 18.1. The predicted molar refractivity (Wildman–Crippen MR) is 104 cm³/mol. The van der Waals surface area contributed by atoms with Crippen molar-refractivity contribution in [2.75, 3.05) is 27.3 Å². The van der Waals surface area contributed by atoms with E-state index in [0.717, 1.165) is 41.0 Å². The van der Waals surface area contributed by atoms with Gasteiger partial charge in [-0.1, -0.05) is 0 Å². The van der Waals surface area contributed by atoms with Crippen molar-refractivity contribution < 1.29 is 19.4 Å². The minimum absolute atomic E-state index is 0.180. The first-order chi connectivity index (χ1) is 13.6. The number of nitrogens with zero attached hydrogens (tertiary/aromatic N) is 3. The Kier molecular flexibility index (Phi) is 4.77. The fourth-order valence-electron chi connectivity index (χ4n) is 3.62. The maximum absolute atomic E-state index is 11.1. The van der Waals surface area contributed by atoms with Crippen LogP contribution in [-0.4, -0.2) is 58.4 Å². The number of fused-ring (bicyclic) bond motifs is 1. The Hall–Kier alpha value is -3.29. The van der Waals surface area contributed by atoms with Crippen molar-refractivity contribution in [1.82, 2.24) is 19.9 Å². The molecule has 0 radical (unpaired) electrons. The topological polar surface area (TPSA) is 101 Å². The van der Waals surface area contributed by atoms with Gasteiger partial charge in [0.1, 0.15) is 5.82 Å². The minimum atomic E-state index is -0.861. The molecule has 0 spiro atoms. The number of aromatic nitrogens is 3. The number of aromatic amines is 1. The molecule has 0 aliphatic carbocycles. The number of carbonyl (C=O) groups is 1. The number of H-pyrrole nitrogens is 1. The van der Waals surface area contributed by atoms with Crippen molar-refractivity contribution in [2.45, 2.75) is 18.8 Å². The minimum Gasteiger partial charge on any atom is -0.493 e. The highest BCUT2D eigenvalue weighted by Gasteiger charge is 2.25. The van der Waals surface area contributed by atoms with Gasteiger partial charge >= 0.3 is 6.09 Å². The van der Waals surface area contributed by atoms with Crippen LogP contribution in [0.15, 0.2) is 30.5 Å². The zero-order valence-corrected chi connectivity index (χ0v) is 15.8. The molecule has 146 valence electrons. The molecule has 8 nitrogen and oxygen atoms in total. The molecule has 4 rings (SSSR count). The second kappa shape index (κ2) is 7.38.